The Morgan fingerprint density at radius 2 is 2.05 bits per heavy atom. The first-order chi connectivity index (χ1) is 9.17. The van der Waals surface area contributed by atoms with E-state index in [1.165, 1.54) is 0 Å². The van der Waals surface area contributed by atoms with Crippen molar-refractivity contribution in [1.82, 2.24) is 0 Å². The Labute approximate surface area is 118 Å². The standard InChI is InChI=1S/C14H18N2O2S/c1-17-9-4-5-12(14(15)19)13(6-9)16-7-10-2-3-11(8-16)18-10/h4-6,10-11H,2-3,7-8H2,1H3,(H2,15,19). The normalized spacial score (nSPS) is 25.4. The van der Waals surface area contributed by atoms with Crippen molar-refractivity contribution < 1.29 is 9.47 Å². The van der Waals surface area contributed by atoms with Gasteiger partial charge in [-0.3, -0.25) is 0 Å². The Bertz CT molecular complexity index is 494. The minimum absolute atomic E-state index is 0.337. The second-order valence-corrected chi connectivity index (χ2v) is 5.55. The van der Waals surface area contributed by atoms with Crippen molar-refractivity contribution in [2.24, 2.45) is 5.73 Å². The third-order valence-electron chi connectivity index (χ3n) is 3.85. The van der Waals surface area contributed by atoms with E-state index in [-0.39, 0.29) is 0 Å². The van der Waals surface area contributed by atoms with Crippen molar-refractivity contribution in [1.29, 1.82) is 0 Å². The minimum Gasteiger partial charge on any atom is -0.497 e. The second-order valence-electron chi connectivity index (χ2n) is 5.11. The molecule has 0 amide bonds. The maximum absolute atomic E-state index is 5.87. The highest BCUT2D eigenvalue weighted by atomic mass is 32.1. The van der Waals surface area contributed by atoms with Gasteiger partial charge in [0, 0.05) is 24.7 Å². The summed E-state index contributed by atoms with van der Waals surface area (Å²) in [5.41, 5.74) is 7.81. The van der Waals surface area contributed by atoms with E-state index in [1.54, 1.807) is 7.11 Å². The van der Waals surface area contributed by atoms with Crippen LogP contribution in [0.1, 0.15) is 18.4 Å². The lowest BCUT2D eigenvalue weighted by molar-refractivity contribution is 0.0305. The van der Waals surface area contributed by atoms with Crippen LogP contribution in [-0.4, -0.2) is 37.4 Å². The topological polar surface area (TPSA) is 47.7 Å². The number of methoxy groups -OCH3 is 1. The molecule has 2 aliphatic heterocycles. The maximum atomic E-state index is 5.87. The van der Waals surface area contributed by atoms with Gasteiger partial charge in [0.1, 0.15) is 10.7 Å². The van der Waals surface area contributed by atoms with Crippen LogP contribution in [0.3, 0.4) is 0 Å². The van der Waals surface area contributed by atoms with Crippen molar-refractivity contribution in [2.45, 2.75) is 25.0 Å². The van der Waals surface area contributed by atoms with Gasteiger partial charge in [-0.1, -0.05) is 12.2 Å². The zero-order chi connectivity index (χ0) is 13.4. The lowest BCUT2D eigenvalue weighted by Crippen LogP contribution is -2.43. The fourth-order valence-corrected chi connectivity index (χ4v) is 3.09. The third-order valence-corrected chi connectivity index (χ3v) is 4.07. The minimum atomic E-state index is 0.337. The summed E-state index contributed by atoms with van der Waals surface area (Å²) in [4.78, 5) is 2.75. The molecule has 4 nitrogen and oxygen atoms in total. The predicted molar refractivity (Wildman–Crippen MR) is 79.0 cm³/mol. The first kappa shape index (κ1) is 12.7. The number of thiocarbonyl (C=S) groups is 1. The van der Waals surface area contributed by atoms with Crippen LogP contribution in [0.2, 0.25) is 0 Å². The largest absolute Gasteiger partial charge is 0.497 e. The van der Waals surface area contributed by atoms with Gasteiger partial charge >= 0.3 is 0 Å². The number of benzene rings is 1. The Kier molecular flexibility index (Phi) is 3.33. The smallest absolute Gasteiger partial charge is 0.120 e. The first-order valence-electron chi connectivity index (χ1n) is 6.55. The summed E-state index contributed by atoms with van der Waals surface area (Å²) in [6.45, 7) is 1.80. The molecule has 1 aromatic carbocycles. The van der Waals surface area contributed by atoms with Crippen molar-refractivity contribution in [3.05, 3.63) is 23.8 Å². The summed E-state index contributed by atoms with van der Waals surface area (Å²) in [5.74, 6) is 0.828. The molecule has 2 fully saturated rings. The van der Waals surface area contributed by atoms with Crippen LogP contribution < -0.4 is 15.4 Å². The Morgan fingerprint density at radius 1 is 1.37 bits per heavy atom. The van der Waals surface area contributed by atoms with E-state index in [1.807, 2.05) is 18.2 Å². The van der Waals surface area contributed by atoms with Crippen LogP contribution in [0.15, 0.2) is 18.2 Å². The summed E-state index contributed by atoms with van der Waals surface area (Å²) in [5, 5.41) is 0. The fourth-order valence-electron chi connectivity index (χ4n) is 2.92. The van der Waals surface area contributed by atoms with Crippen molar-refractivity contribution in [3.8, 4) is 5.75 Å². The third kappa shape index (κ3) is 2.40. The van der Waals surface area contributed by atoms with Crippen LogP contribution in [0, 0.1) is 0 Å². The Hall–Kier alpha value is -1.33. The van der Waals surface area contributed by atoms with Gasteiger partial charge in [0.2, 0.25) is 0 Å². The van der Waals surface area contributed by atoms with Gasteiger partial charge < -0.3 is 20.1 Å². The molecule has 2 saturated heterocycles. The quantitative estimate of drug-likeness (QED) is 0.853. The van der Waals surface area contributed by atoms with E-state index < -0.39 is 0 Å². The highest BCUT2D eigenvalue weighted by Gasteiger charge is 2.34. The lowest BCUT2D eigenvalue weighted by Gasteiger charge is -2.35. The number of hydrogen-bond acceptors (Lipinski definition) is 4. The molecule has 1 aromatic rings. The van der Waals surface area contributed by atoms with Crippen LogP contribution in [-0.2, 0) is 4.74 Å². The molecular weight excluding hydrogens is 260 g/mol. The molecule has 2 aliphatic rings. The highest BCUT2D eigenvalue weighted by molar-refractivity contribution is 7.80. The number of nitrogens with two attached hydrogens (primary N) is 1. The van der Waals surface area contributed by atoms with E-state index in [0.29, 0.717) is 17.2 Å². The molecule has 0 spiro atoms. The van der Waals surface area contributed by atoms with E-state index in [4.69, 9.17) is 27.4 Å². The summed E-state index contributed by atoms with van der Waals surface area (Å²) >= 11 is 5.15. The van der Waals surface area contributed by atoms with Crippen LogP contribution >= 0.6 is 12.2 Å². The maximum Gasteiger partial charge on any atom is 0.120 e. The lowest BCUT2D eigenvalue weighted by atomic mass is 10.1. The molecule has 5 heteroatoms. The molecule has 0 aliphatic carbocycles. The number of rotatable bonds is 3. The van der Waals surface area contributed by atoms with Gasteiger partial charge in [0.15, 0.2) is 0 Å². The number of nitrogens with zero attached hydrogens (tertiary/aromatic N) is 1. The van der Waals surface area contributed by atoms with E-state index in [2.05, 4.69) is 4.90 Å². The monoisotopic (exact) mass is 278 g/mol. The molecule has 2 heterocycles. The van der Waals surface area contributed by atoms with Gasteiger partial charge in [-0.2, -0.15) is 0 Å². The highest BCUT2D eigenvalue weighted by Crippen LogP contribution is 2.33. The van der Waals surface area contributed by atoms with Crippen LogP contribution in [0.5, 0.6) is 5.75 Å². The average molecular weight is 278 g/mol. The molecule has 0 radical (unpaired) electrons. The van der Waals surface area contributed by atoms with Gasteiger partial charge in [-0.25, -0.2) is 0 Å². The molecule has 2 bridgehead atoms. The Morgan fingerprint density at radius 3 is 2.63 bits per heavy atom. The zero-order valence-electron chi connectivity index (χ0n) is 11.0. The summed E-state index contributed by atoms with van der Waals surface area (Å²) in [6, 6.07) is 5.85. The summed E-state index contributed by atoms with van der Waals surface area (Å²) in [7, 11) is 1.67. The molecular formula is C14H18N2O2S. The predicted octanol–water partition coefficient (Wildman–Crippen LogP) is 1.70. The molecule has 0 saturated carbocycles. The number of hydrogen-bond donors (Lipinski definition) is 1. The fraction of sp³-hybridized carbons (Fsp3) is 0.500. The molecule has 102 valence electrons. The second kappa shape index (κ2) is 4.98. The SMILES string of the molecule is COc1ccc(C(N)=S)c(N2CC3CCC(C2)O3)c1. The Balaban J connectivity index is 1.95. The first-order valence-corrected chi connectivity index (χ1v) is 6.96. The van der Waals surface area contributed by atoms with Crippen LogP contribution in [0.25, 0.3) is 0 Å². The number of anilines is 1. The number of ether oxygens (including phenoxy) is 2. The van der Waals surface area contributed by atoms with E-state index in [0.717, 1.165) is 42.9 Å². The molecule has 2 unspecified atom stereocenters. The van der Waals surface area contributed by atoms with Crippen molar-refractivity contribution in [2.75, 3.05) is 25.1 Å². The summed E-state index contributed by atoms with van der Waals surface area (Å²) in [6.07, 6.45) is 2.97. The molecule has 19 heavy (non-hydrogen) atoms. The number of fused-ring (bicyclic) bond motifs is 2. The van der Waals surface area contributed by atoms with Gasteiger partial charge in [0.25, 0.3) is 0 Å². The number of morpholine rings is 1. The van der Waals surface area contributed by atoms with E-state index >= 15 is 0 Å². The van der Waals surface area contributed by atoms with Gasteiger partial charge in [0.05, 0.1) is 25.0 Å². The molecule has 0 aromatic heterocycles. The van der Waals surface area contributed by atoms with Gasteiger partial charge in [-0.15, -0.1) is 0 Å². The van der Waals surface area contributed by atoms with Gasteiger partial charge in [-0.05, 0) is 25.0 Å². The average Bonchev–Trinajstić information content (AvgIpc) is 2.76. The molecule has 3 rings (SSSR count). The van der Waals surface area contributed by atoms with E-state index in [9.17, 15) is 0 Å². The van der Waals surface area contributed by atoms with Crippen LogP contribution in [0.4, 0.5) is 5.69 Å². The van der Waals surface area contributed by atoms with Crippen molar-refractivity contribution >= 4 is 22.9 Å². The molecule has 2 atom stereocenters. The zero-order valence-corrected chi connectivity index (χ0v) is 11.8. The summed E-state index contributed by atoms with van der Waals surface area (Å²) < 4.78 is 11.2. The molecule has 2 N–H and O–H groups in total. The van der Waals surface area contributed by atoms with Crippen molar-refractivity contribution in [3.63, 3.8) is 0 Å².